The molecule has 0 bridgehead atoms. The fraction of sp³-hybridized carbons (Fsp3) is 0.632. The maximum absolute atomic E-state index is 12.1. The molecule has 1 aliphatic carbocycles. The molecule has 2 fully saturated rings. The minimum Gasteiger partial charge on any atom is -0.357 e. The van der Waals surface area contributed by atoms with Crippen LogP contribution in [0.3, 0.4) is 0 Å². The number of carbonyl (C=O) groups excluding carboxylic acids is 2. The number of aromatic nitrogens is 1. The van der Waals surface area contributed by atoms with Crippen LogP contribution < -0.4 is 4.90 Å². The molecule has 1 aliphatic heterocycles. The van der Waals surface area contributed by atoms with E-state index in [2.05, 4.69) is 16.8 Å². The van der Waals surface area contributed by atoms with Gasteiger partial charge in [-0.05, 0) is 37.8 Å². The summed E-state index contributed by atoms with van der Waals surface area (Å²) in [6, 6.07) is 3.69. The lowest BCUT2D eigenvalue weighted by atomic mass is 9.99. The zero-order valence-corrected chi connectivity index (χ0v) is 16.4. The lowest BCUT2D eigenvalue weighted by Gasteiger charge is -2.31. The van der Waals surface area contributed by atoms with E-state index in [9.17, 15) is 4.79 Å². The first-order valence-electron chi connectivity index (χ1n) is 8.98. The summed E-state index contributed by atoms with van der Waals surface area (Å²) < 4.78 is 0. The molecule has 1 saturated carbocycles. The van der Waals surface area contributed by atoms with Gasteiger partial charge in [-0.2, -0.15) is 0 Å². The Bertz CT molecular complexity index is 541. The van der Waals surface area contributed by atoms with Crippen molar-refractivity contribution in [3.05, 3.63) is 22.8 Å². The van der Waals surface area contributed by atoms with Crippen LogP contribution in [0.25, 0.3) is 0 Å². The Balaban J connectivity index is 0.000000547. The monoisotopic (exact) mass is 367 g/mol. The molecule has 1 aromatic heterocycles. The van der Waals surface area contributed by atoms with E-state index in [1.165, 1.54) is 32.1 Å². The van der Waals surface area contributed by atoms with Crippen molar-refractivity contribution in [2.24, 2.45) is 5.92 Å². The van der Waals surface area contributed by atoms with Crippen molar-refractivity contribution < 1.29 is 9.59 Å². The van der Waals surface area contributed by atoms with Crippen LogP contribution in [0.15, 0.2) is 12.1 Å². The zero-order chi connectivity index (χ0) is 18.8. The van der Waals surface area contributed by atoms with E-state index < -0.39 is 0 Å². The zero-order valence-electron chi connectivity index (χ0n) is 15.6. The maximum Gasteiger partial charge on any atom is 0.256 e. The van der Waals surface area contributed by atoms with Crippen molar-refractivity contribution in [2.75, 3.05) is 31.6 Å². The Morgan fingerprint density at radius 1 is 1.28 bits per heavy atom. The molecule has 0 spiro atoms. The van der Waals surface area contributed by atoms with E-state index in [1.54, 1.807) is 18.0 Å². The second-order valence-corrected chi connectivity index (χ2v) is 6.92. The SMILES string of the molecule is C1CC1.C=O.CCN(C)C(=O)c1ccc(N2CCC(C)CC2)nc1Cl. The molecule has 0 aromatic carbocycles. The molecule has 2 aliphatic rings. The molecule has 1 saturated heterocycles. The minimum absolute atomic E-state index is 0.0798. The van der Waals surface area contributed by atoms with E-state index in [0.29, 0.717) is 17.3 Å². The highest BCUT2D eigenvalue weighted by molar-refractivity contribution is 6.32. The van der Waals surface area contributed by atoms with Crippen molar-refractivity contribution in [2.45, 2.75) is 46.0 Å². The molecular weight excluding hydrogens is 338 g/mol. The smallest absolute Gasteiger partial charge is 0.256 e. The number of piperidine rings is 1. The summed E-state index contributed by atoms with van der Waals surface area (Å²) >= 11 is 6.19. The van der Waals surface area contributed by atoms with Crippen LogP contribution in [-0.2, 0) is 4.79 Å². The minimum atomic E-state index is -0.0798. The van der Waals surface area contributed by atoms with E-state index in [0.717, 1.165) is 24.8 Å². The van der Waals surface area contributed by atoms with Crippen molar-refractivity contribution in [1.29, 1.82) is 0 Å². The van der Waals surface area contributed by atoms with Gasteiger partial charge in [-0.15, -0.1) is 0 Å². The third-order valence-electron chi connectivity index (χ3n) is 4.35. The van der Waals surface area contributed by atoms with Crippen LogP contribution in [0.1, 0.15) is 56.3 Å². The molecule has 5 nitrogen and oxygen atoms in total. The molecule has 1 amide bonds. The summed E-state index contributed by atoms with van der Waals surface area (Å²) in [5, 5.41) is 0.298. The average Bonchev–Trinajstić information content (AvgIpc) is 3.52. The third kappa shape index (κ3) is 7.02. The highest BCUT2D eigenvalue weighted by atomic mass is 35.5. The first kappa shape index (κ1) is 21.4. The summed E-state index contributed by atoms with van der Waals surface area (Å²) in [5.41, 5.74) is 0.477. The van der Waals surface area contributed by atoms with E-state index in [4.69, 9.17) is 16.4 Å². The van der Waals surface area contributed by atoms with E-state index in [1.807, 2.05) is 19.8 Å². The van der Waals surface area contributed by atoms with Gasteiger partial charge in [0.05, 0.1) is 5.56 Å². The van der Waals surface area contributed by atoms with Crippen molar-refractivity contribution in [1.82, 2.24) is 9.88 Å². The van der Waals surface area contributed by atoms with Gasteiger partial charge in [0.25, 0.3) is 5.91 Å². The molecule has 1 aromatic rings. The summed E-state index contributed by atoms with van der Waals surface area (Å²) in [4.78, 5) is 28.4. The van der Waals surface area contributed by atoms with Gasteiger partial charge in [-0.1, -0.05) is 37.8 Å². The Morgan fingerprint density at radius 2 is 1.84 bits per heavy atom. The van der Waals surface area contributed by atoms with Crippen LogP contribution in [-0.4, -0.2) is 49.3 Å². The highest BCUT2D eigenvalue weighted by Crippen LogP contribution is 2.24. The number of nitrogens with zero attached hydrogens (tertiary/aromatic N) is 3. The Kier molecular flexibility index (Phi) is 9.50. The molecule has 0 unspecified atom stereocenters. The first-order valence-corrected chi connectivity index (χ1v) is 9.36. The number of halogens is 1. The van der Waals surface area contributed by atoms with Gasteiger partial charge in [0.1, 0.15) is 17.8 Å². The summed E-state index contributed by atoms with van der Waals surface area (Å²) in [6.45, 7) is 8.88. The predicted octanol–water partition coefficient (Wildman–Crippen LogP) is 4.05. The average molecular weight is 368 g/mol. The Labute approximate surface area is 156 Å². The standard InChI is InChI=1S/C15H22ClN3O.C3H6.CH2O/c1-4-18(3)15(20)12-5-6-13(17-14(12)16)19-9-7-11(2)8-10-19;1-2-3-1;1-2/h5-6,11H,4,7-10H2,1-3H3;1-3H2;1H2. The van der Waals surface area contributed by atoms with Crippen molar-refractivity contribution in [3.63, 3.8) is 0 Å². The number of hydrogen-bond donors (Lipinski definition) is 0. The fourth-order valence-electron chi connectivity index (χ4n) is 2.35. The lowest BCUT2D eigenvalue weighted by molar-refractivity contribution is -0.0980. The Morgan fingerprint density at radius 3 is 2.28 bits per heavy atom. The van der Waals surface area contributed by atoms with Gasteiger partial charge in [0, 0.05) is 26.7 Å². The molecular formula is C19H30ClN3O2. The molecule has 6 heteroatoms. The van der Waals surface area contributed by atoms with Gasteiger partial charge >= 0.3 is 0 Å². The van der Waals surface area contributed by atoms with Gasteiger partial charge in [-0.3, -0.25) is 4.79 Å². The lowest BCUT2D eigenvalue weighted by Crippen LogP contribution is -2.33. The van der Waals surface area contributed by atoms with E-state index >= 15 is 0 Å². The van der Waals surface area contributed by atoms with Crippen molar-refractivity contribution in [3.8, 4) is 0 Å². The van der Waals surface area contributed by atoms with Crippen molar-refractivity contribution >= 4 is 30.1 Å². The predicted molar refractivity (Wildman–Crippen MR) is 103 cm³/mol. The summed E-state index contributed by atoms with van der Waals surface area (Å²) in [7, 11) is 1.76. The number of hydrogen-bond acceptors (Lipinski definition) is 4. The molecule has 0 atom stereocenters. The first-order chi connectivity index (χ1) is 12.0. The summed E-state index contributed by atoms with van der Waals surface area (Å²) in [6.07, 6.45) is 6.86. The number of rotatable bonds is 3. The second-order valence-electron chi connectivity index (χ2n) is 6.56. The highest BCUT2D eigenvalue weighted by Gasteiger charge is 2.20. The van der Waals surface area contributed by atoms with Gasteiger partial charge in [0.15, 0.2) is 0 Å². The van der Waals surface area contributed by atoms with Crippen LogP contribution in [0.5, 0.6) is 0 Å². The van der Waals surface area contributed by atoms with Gasteiger partial charge in [0.2, 0.25) is 0 Å². The molecule has 2 heterocycles. The molecule has 25 heavy (non-hydrogen) atoms. The molecule has 3 rings (SSSR count). The molecule has 0 radical (unpaired) electrons. The van der Waals surface area contributed by atoms with E-state index in [-0.39, 0.29) is 5.91 Å². The molecule has 140 valence electrons. The maximum atomic E-state index is 12.1. The van der Waals surface area contributed by atoms with Gasteiger partial charge in [-0.25, -0.2) is 4.98 Å². The Hall–Kier alpha value is -1.62. The van der Waals surface area contributed by atoms with Crippen LogP contribution in [0.2, 0.25) is 5.15 Å². The quantitative estimate of drug-likeness (QED) is 0.756. The van der Waals surface area contributed by atoms with Crippen LogP contribution in [0, 0.1) is 5.92 Å². The summed E-state index contributed by atoms with van der Waals surface area (Å²) in [5.74, 6) is 1.57. The normalized spacial score (nSPS) is 16.1. The number of carbonyl (C=O) groups is 2. The number of pyridine rings is 1. The van der Waals surface area contributed by atoms with Gasteiger partial charge < -0.3 is 14.6 Å². The number of amides is 1. The van der Waals surface area contributed by atoms with Crippen LogP contribution >= 0.6 is 11.6 Å². The van der Waals surface area contributed by atoms with Crippen LogP contribution in [0.4, 0.5) is 5.82 Å². The third-order valence-corrected chi connectivity index (χ3v) is 4.63. The largest absolute Gasteiger partial charge is 0.357 e. The number of anilines is 1. The topological polar surface area (TPSA) is 53.5 Å². The second kappa shape index (κ2) is 11.1. The fourth-order valence-corrected chi connectivity index (χ4v) is 2.58. The molecule has 0 N–H and O–H groups in total.